The Balaban J connectivity index is 1.80. The quantitative estimate of drug-likeness (QED) is 0.458. The highest BCUT2D eigenvalue weighted by Gasteiger charge is 2.30. The molecular weight excluding hydrogens is 384 g/mol. The van der Waals surface area contributed by atoms with E-state index in [1.165, 1.54) is 0 Å². The number of tetrazole rings is 1. The molecule has 3 aromatic rings. The van der Waals surface area contributed by atoms with Gasteiger partial charge in [-0.25, -0.2) is 0 Å². The zero-order chi connectivity index (χ0) is 20.6. The van der Waals surface area contributed by atoms with E-state index in [0.717, 1.165) is 41.9 Å². The van der Waals surface area contributed by atoms with Crippen molar-refractivity contribution in [2.45, 2.75) is 52.4 Å². The van der Waals surface area contributed by atoms with Crippen molar-refractivity contribution in [2.24, 2.45) is 5.41 Å². The first kappa shape index (κ1) is 19.8. The molecule has 4 rings (SSSR count). The number of hydrogen-bond acceptors (Lipinski definition) is 4. The zero-order valence-corrected chi connectivity index (χ0v) is 17.8. The monoisotopic (exact) mass is 408 g/mol. The van der Waals surface area contributed by atoms with Crippen LogP contribution in [0.15, 0.2) is 42.5 Å². The largest absolute Gasteiger partial charge is 0.294 e. The molecule has 5 nitrogen and oxygen atoms in total. The Kier molecular flexibility index (Phi) is 5.26. The van der Waals surface area contributed by atoms with Crippen molar-refractivity contribution in [2.75, 3.05) is 0 Å². The average molecular weight is 409 g/mol. The second-order valence-electron chi connectivity index (χ2n) is 8.62. The Bertz CT molecular complexity index is 1040. The van der Waals surface area contributed by atoms with E-state index < -0.39 is 0 Å². The number of rotatable bonds is 7. The summed E-state index contributed by atoms with van der Waals surface area (Å²) in [6, 6.07) is 13.6. The molecule has 0 unspecified atom stereocenters. The third-order valence-corrected chi connectivity index (χ3v) is 5.95. The van der Waals surface area contributed by atoms with Gasteiger partial charge in [-0.2, -0.15) is 4.68 Å². The minimum absolute atomic E-state index is 0.0402. The van der Waals surface area contributed by atoms with Crippen LogP contribution in [0.25, 0.3) is 16.8 Å². The summed E-state index contributed by atoms with van der Waals surface area (Å²) < 4.78 is 1.78. The van der Waals surface area contributed by atoms with Crippen LogP contribution in [-0.4, -0.2) is 26.0 Å². The molecule has 0 bridgehead atoms. The van der Waals surface area contributed by atoms with E-state index in [1.54, 1.807) is 4.68 Å². The van der Waals surface area contributed by atoms with Crippen molar-refractivity contribution < 1.29 is 4.79 Å². The van der Waals surface area contributed by atoms with Crippen molar-refractivity contribution in [1.29, 1.82) is 0 Å². The average Bonchev–Trinajstić information content (AvgIpc) is 3.44. The van der Waals surface area contributed by atoms with Gasteiger partial charge in [0.15, 0.2) is 11.6 Å². The van der Waals surface area contributed by atoms with Crippen LogP contribution in [0.4, 0.5) is 0 Å². The number of halogens is 1. The maximum Gasteiger partial charge on any atom is 0.163 e. The molecule has 1 aliphatic carbocycles. The summed E-state index contributed by atoms with van der Waals surface area (Å²) in [6.45, 7) is 6.37. The minimum Gasteiger partial charge on any atom is -0.294 e. The molecule has 1 aromatic heterocycles. The first-order chi connectivity index (χ1) is 13.9. The van der Waals surface area contributed by atoms with Crippen molar-refractivity contribution >= 4 is 17.4 Å². The minimum atomic E-state index is -0.0402. The molecular formula is C23H25ClN4O. The van der Waals surface area contributed by atoms with Gasteiger partial charge in [0.25, 0.3) is 0 Å². The predicted molar refractivity (Wildman–Crippen MR) is 115 cm³/mol. The van der Waals surface area contributed by atoms with Crippen LogP contribution in [-0.2, 0) is 0 Å². The van der Waals surface area contributed by atoms with Gasteiger partial charge in [-0.1, -0.05) is 50.9 Å². The Morgan fingerprint density at radius 1 is 1.14 bits per heavy atom. The van der Waals surface area contributed by atoms with E-state index in [9.17, 15) is 4.79 Å². The molecule has 0 radical (unpaired) electrons. The smallest absolute Gasteiger partial charge is 0.163 e. The first-order valence-electron chi connectivity index (χ1n) is 10.1. The van der Waals surface area contributed by atoms with Gasteiger partial charge in [0.1, 0.15) is 0 Å². The molecule has 0 saturated heterocycles. The number of carbonyl (C=O) groups is 1. The van der Waals surface area contributed by atoms with E-state index in [-0.39, 0.29) is 11.2 Å². The molecule has 150 valence electrons. The summed E-state index contributed by atoms with van der Waals surface area (Å²) in [5, 5.41) is 13.0. The molecule has 0 aliphatic heterocycles. The van der Waals surface area contributed by atoms with Crippen molar-refractivity contribution in [3.05, 3.63) is 58.9 Å². The lowest BCUT2D eigenvalue weighted by atomic mass is 9.83. The summed E-state index contributed by atoms with van der Waals surface area (Å²) in [7, 11) is 0. The second kappa shape index (κ2) is 7.71. The van der Waals surface area contributed by atoms with E-state index >= 15 is 0 Å². The molecule has 1 saturated carbocycles. The summed E-state index contributed by atoms with van der Waals surface area (Å²) in [6.07, 6.45) is 3.65. The van der Waals surface area contributed by atoms with Gasteiger partial charge in [-0.05, 0) is 70.1 Å². The van der Waals surface area contributed by atoms with Crippen molar-refractivity contribution in [3.63, 3.8) is 0 Å². The summed E-state index contributed by atoms with van der Waals surface area (Å²) in [4.78, 5) is 13.1. The Hall–Kier alpha value is -2.53. The lowest BCUT2D eigenvalue weighted by Gasteiger charge is -2.21. The van der Waals surface area contributed by atoms with Crippen LogP contribution < -0.4 is 0 Å². The van der Waals surface area contributed by atoms with Gasteiger partial charge in [0.05, 0.1) is 5.69 Å². The molecule has 1 heterocycles. The lowest BCUT2D eigenvalue weighted by molar-refractivity contribution is 0.0928. The Labute approximate surface area is 176 Å². The van der Waals surface area contributed by atoms with E-state index in [1.807, 2.05) is 42.5 Å². The fourth-order valence-electron chi connectivity index (χ4n) is 3.34. The molecule has 1 aliphatic rings. The number of hydrogen-bond donors (Lipinski definition) is 0. The number of benzene rings is 2. The van der Waals surface area contributed by atoms with E-state index in [0.29, 0.717) is 22.9 Å². The van der Waals surface area contributed by atoms with Crippen LogP contribution >= 0.6 is 11.6 Å². The molecule has 0 spiro atoms. The maximum absolute atomic E-state index is 13.1. The van der Waals surface area contributed by atoms with Gasteiger partial charge in [0.2, 0.25) is 0 Å². The number of nitrogens with zero attached hydrogens (tertiary/aromatic N) is 4. The first-order valence-corrected chi connectivity index (χ1v) is 10.5. The zero-order valence-electron chi connectivity index (χ0n) is 17.0. The summed E-state index contributed by atoms with van der Waals surface area (Å²) >= 11 is 6.06. The fourth-order valence-corrected chi connectivity index (χ4v) is 3.47. The van der Waals surface area contributed by atoms with Crippen LogP contribution in [0.1, 0.15) is 68.6 Å². The third-order valence-electron chi connectivity index (χ3n) is 5.69. The van der Waals surface area contributed by atoms with E-state index in [2.05, 4.69) is 36.3 Å². The molecule has 6 heteroatoms. The third kappa shape index (κ3) is 4.40. The molecule has 1 fully saturated rings. The van der Waals surface area contributed by atoms with Crippen LogP contribution in [0.3, 0.4) is 0 Å². The highest BCUT2D eigenvalue weighted by Crippen LogP contribution is 2.39. The molecule has 0 amide bonds. The normalized spacial score (nSPS) is 14.2. The predicted octanol–water partition coefficient (Wildman–Crippen LogP) is 5.87. The van der Waals surface area contributed by atoms with E-state index in [4.69, 9.17) is 11.6 Å². The van der Waals surface area contributed by atoms with Gasteiger partial charge in [-0.15, -0.1) is 5.10 Å². The molecule has 29 heavy (non-hydrogen) atoms. The standard InChI is InChI=1S/C23H25ClN4O/c1-4-23(2,3)14-21(29)18-11-17(15-7-9-19(24)10-8-15)12-20(13-18)28-22(16-5-6-16)25-26-27-28/h7-13,16H,4-6,14H2,1-3H3. The topological polar surface area (TPSA) is 60.7 Å². The second-order valence-corrected chi connectivity index (χ2v) is 9.05. The van der Waals surface area contributed by atoms with Crippen LogP contribution in [0, 0.1) is 5.41 Å². The number of aromatic nitrogens is 4. The number of carbonyl (C=O) groups excluding carboxylic acids is 1. The SMILES string of the molecule is CCC(C)(C)CC(=O)c1cc(-c2ccc(Cl)cc2)cc(-n2nnnc2C2CC2)c1. The Morgan fingerprint density at radius 2 is 1.86 bits per heavy atom. The van der Waals surface area contributed by atoms with Gasteiger partial charge in [0, 0.05) is 22.9 Å². The number of ketones is 1. The van der Waals surface area contributed by atoms with Crippen LogP contribution in [0.2, 0.25) is 5.02 Å². The number of Topliss-reactive ketones (excluding diaryl/α,β-unsaturated/α-hetero) is 1. The lowest BCUT2D eigenvalue weighted by Crippen LogP contribution is -2.16. The van der Waals surface area contributed by atoms with Gasteiger partial charge >= 0.3 is 0 Å². The summed E-state index contributed by atoms with van der Waals surface area (Å²) in [5.41, 5.74) is 3.42. The highest BCUT2D eigenvalue weighted by atomic mass is 35.5. The maximum atomic E-state index is 13.1. The van der Waals surface area contributed by atoms with Gasteiger partial charge in [-0.3, -0.25) is 4.79 Å². The van der Waals surface area contributed by atoms with Crippen molar-refractivity contribution in [1.82, 2.24) is 20.2 Å². The Morgan fingerprint density at radius 3 is 2.52 bits per heavy atom. The van der Waals surface area contributed by atoms with Crippen LogP contribution in [0.5, 0.6) is 0 Å². The molecule has 0 N–H and O–H groups in total. The molecule has 0 atom stereocenters. The molecule has 2 aromatic carbocycles. The van der Waals surface area contributed by atoms with Gasteiger partial charge < -0.3 is 0 Å². The highest BCUT2D eigenvalue weighted by molar-refractivity contribution is 6.30. The fraction of sp³-hybridized carbons (Fsp3) is 0.391. The van der Waals surface area contributed by atoms with Crippen molar-refractivity contribution in [3.8, 4) is 16.8 Å². The summed E-state index contributed by atoms with van der Waals surface area (Å²) in [5.74, 6) is 1.41.